The van der Waals surface area contributed by atoms with Crippen LogP contribution in [0.1, 0.15) is 18.4 Å². The Kier molecular flexibility index (Phi) is 5.12. The number of hydrogen-bond acceptors (Lipinski definition) is 3. The lowest BCUT2D eigenvalue weighted by Crippen LogP contribution is -2.45. The van der Waals surface area contributed by atoms with Gasteiger partial charge in [0.25, 0.3) is 0 Å². The quantitative estimate of drug-likeness (QED) is 0.662. The maximum absolute atomic E-state index is 13.7. The Morgan fingerprint density at radius 2 is 2.39 bits per heavy atom. The normalized spacial score (nSPS) is 21.8. The van der Waals surface area contributed by atoms with E-state index in [2.05, 4.69) is 21.4 Å². The van der Waals surface area contributed by atoms with E-state index < -0.39 is 0 Å². The van der Waals surface area contributed by atoms with Gasteiger partial charge in [-0.3, -0.25) is 11.3 Å². The molecule has 0 aliphatic carbocycles. The molecule has 3 N–H and O–H groups in total. The Morgan fingerprint density at radius 1 is 1.56 bits per heavy atom. The van der Waals surface area contributed by atoms with E-state index in [-0.39, 0.29) is 11.9 Å². The number of nitrogens with one attached hydrogen (secondary N) is 1. The second-order valence-corrected chi connectivity index (χ2v) is 5.61. The predicted molar refractivity (Wildman–Crippen MR) is 72.5 cm³/mol. The molecule has 18 heavy (non-hydrogen) atoms. The maximum Gasteiger partial charge on any atom is 0.126 e. The van der Waals surface area contributed by atoms with Crippen molar-refractivity contribution in [1.82, 2.24) is 5.43 Å². The van der Waals surface area contributed by atoms with Crippen LogP contribution in [-0.2, 0) is 11.2 Å². The first-order valence-electron chi connectivity index (χ1n) is 6.18. The van der Waals surface area contributed by atoms with Gasteiger partial charge < -0.3 is 4.74 Å². The molecule has 1 aliphatic heterocycles. The minimum absolute atomic E-state index is 0.0501. The van der Waals surface area contributed by atoms with Crippen LogP contribution in [-0.4, -0.2) is 19.3 Å². The molecule has 0 amide bonds. The first-order chi connectivity index (χ1) is 8.70. The van der Waals surface area contributed by atoms with E-state index in [4.69, 9.17) is 10.6 Å². The third kappa shape index (κ3) is 3.51. The van der Waals surface area contributed by atoms with Crippen molar-refractivity contribution in [3.8, 4) is 0 Å². The van der Waals surface area contributed by atoms with Gasteiger partial charge in [0.15, 0.2) is 0 Å². The van der Waals surface area contributed by atoms with Gasteiger partial charge in [0.2, 0.25) is 0 Å². The molecular formula is C13H18BrFN2O. The van der Waals surface area contributed by atoms with Crippen molar-refractivity contribution >= 4 is 15.9 Å². The van der Waals surface area contributed by atoms with Crippen LogP contribution in [0, 0.1) is 11.7 Å². The van der Waals surface area contributed by atoms with Gasteiger partial charge in [-0.15, -0.1) is 0 Å². The Morgan fingerprint density at radius 3 is 3.06 bits per heavy atom. The summed E-state index contributed by atoms with van der Waals surface area (Å²) in [5, 5.41) is 0. The lowest BCUT2D eigenvalue weighted by Gasteiger charge is -2.29. The topological polar surface area (TPSA) is 47.3 Å². The van der Waals surface area contributed by atoms with Crippen molar-refractivity contribution in [1.29, 1.82) is 0 Å². The zero-order chi connectivity index (χ0) is 13.0. The smallest absolute Gasteiger partial charge is 0.126 e. The Balaban J connectivity index is 2.06. The fraction of sp³-hybridized carbons (Fsp3) is 0.538. The highest BCUT2D eigenvalue weighted by molar-refractivity contribution is 9.10. The summed E-state index contributed by atoms with van der Waals surface area (Å²) in [6, 6.07) is 5.04. The highest BCUT2D eigenvalue weighted by atomic mass is 79.9. The van der Waals surface area contributed by atoms with Crippen LogP contribution in [0.4, 0.5) is 4.39 Å². The molecule has 1 aromatic rings. The van der Waals surface area contributed by atoms with Gasteiger partial charge in [0.05, 0.1) is 6.61 Å². The molecule has 0 spiro atoms. The van der Waals surface area contributed by atoms with E-state index in [9.17, 15) is 4.39 Å². The Hall–Kier alpha value is -0.490. The van der Waals surface area contributed by atoms with Gasteiger partial charge in [0, 0.05) is 17.1 Å². The van der Waals surface area contributed by atoms with Crippen molar-refractivity contribution in [2.24, 2.45) is 11.8 Å². The summed E-state index contributed by atoms with van der Waals surface area (Å²) in [4.78, 5) is 0. The molecule has 3 nitrogen and oxygen atoms in total. The minimum Gasteiger partial charge on any atom is -0.381 e. The van der Waals surface area contributed by atoms with Crippen LogP contribution in [0.2, 0.25) is 0 Å². The number of halogens is 2. The van der Waals surface area contributed by atoms with E-state index in [0.29, 0.717) is 24.5 Å². The molecule has 0 bridgehead atoms. The fourth-order valence-corrected chi connectivity index (χ4v) is 2.79. The molecule has 0 saturated carbocycles. The van der Waals surface area contributed by atoms with Crippen LogP contribution in [0.15, 0.2) is 22.7 Å². The molecule has 2 rings (SSSR count). The number of nitrogens with two attached hydrogens (primary N) is 1. The molecule has 1 fully saturated rings. The molecule has 1 aliphatic rings. The standard InChI is InChI=1S/C13H18BrFN2O/c14-11-3-4-12(15)10(6-11)7-13(17-16)9-2-1-5-18-8-9/h3-4,6,9,13,17H,1-2,5,7-8,16H2. The molecule has 1 aromatic carbocycles. The number of rotatable bonds is 4. The van der Waals surface area contributed by atoms with Gasteiger partial charge in [-0.1, -0.05) is 15.9 Å². The fourth-order valence-electron chi connectivity index (χ4n) is 2.38. The molecule has 100 valence electrons. The molecule has 2 unspecified atom stereocenters. The number of hydrogen-bond donors (Lipinski definition) is 2. The predicted octanol–water partition coefficient (Wildman–Crippen LogP) is 2.39. The number of benzene rings is 1. The first kappa shape index (κ1) is 13.9. The zero-order valence-corrected chi connectivity index (χ0v) is 11.7. The molecule has 0 aromatic heterocycles. The van der Waals surface area contributed by atoms with E-state index in [0.717, 1.165) is 23.9 Å². The third-order valence-electron chi connectivity index (χ3n) is 3.43. The lowest BCUT2D eigenvalue weighted by molar-refractivity contribution is 0.0392. The van der Waals surface area contributed by atoms with Crippen molar-refractivity contribution in [3.05, 3.63) is 34.1 Å². The van der Waals surface area contributed by atoms with E-state index in [1.54, 1.807) is 6.07 Å². The molecular weight excluding hydrogens is 299 g/mol. The zero-order valence-electron chi connectivity index (χ0n) is 10.2. The summed E-state index contributed by atoms with van der Waals surface area (Å²) in [6.45, 7) is 1.52. The molecule has 1 heterocycles. The van der Waals surface area contributed by atoms with Gasteiger partial charge in [-0.2, -0.15) is 0 Å². The van der Waals surface area contributed by atoms with Crippen LogP contribution < -0.4 is 11.3 Å². The summed E-state index contributed by atoms with van der Waals surface area (Å²) >= 11 is 3.36. The average molecular weight is 317 g/mol. The first-order valence-corrected chi connectivity index (χ1v) is 6.98. The van der Waals surface area contributed by atoms with Gasteiger partial charge in [0.1, 0.15) is 5.82 Å². The van der Waals surface area contributed by atoms with Crippen LogP contribution in [0.5, 0.6) is 0 Å². The molecule has 1 saturated heterocycles. The number of ether oxygens (including phenoxy) is 1. The van der Waals surface area contributed by atoms with Crippen molar-refractivity contribution in [3.63, 3.8) is 0 Å². The van der Waals surface area contributed by atoms with Gasteiger partial charge in [-0.05, 0) is 48.9 Å². The van der Waals surface area contributed by atoms with Crippen LogP contribution >= 0.6 is 15.9 Å². The van der Waals surface area contributed by atoms with Crippen LogP contribution in [0.3, 0.4) is 0 Å². The molecule has 5 heteroatoms. The van der Waals surface area contributed by atoms with E-state index in [1.165, 1.54) is 6.07 Å². The Bertz CT molecular complexity index is 397. The minimum atomic E-state index is -0.185. The third-order valence-corrected chi connectivity index (χ3v) is 3.92. The Labute approximate surface area is 115 Å². The average Bonchev–Trinajstić information content (AvgIpc) is 2.41. The summed E-state index contributed by atoms with van der Waals surface area (Å²) in [6.07, 6.45) is 2.70. The van der Waals surface area contributed by atoms with Gasteiger partial charge >= 0.3 is 0 Å². The van der Waals surface area contributed by atoms with E-state index >= 15 is 0 Å². The molecule has 0 radical (unpaired) electrons. The lowest BCUT2D eigenvalue weighted by atomic mass is 9.89. The van der Waals surface area contributed by atoms with Gasteiger partial charge in [-0.25, -0.2) is 4.39 Å². The second kappa shape index (κ2) is 6.61. The second-order valence-electron chi connectivity index (χ2n) is 4.69. The number of hydrazine groups is 1. The van der Waals surface area contributed by atoms with E-state index in [1.807, 2.05) is 6.07 Å². The summed E-state index contributed by atoms with van der Waals surface area (Å²) in [7, 11) is 0. The monoisotopic (exact) mass is 316 g/mol. The summed E-state index contributed by atoms with van der Waals surface area (Å²) in [5.41, 5.74) is 3.48. The summed E-state index contributed by atoms with van der Waals surface area (Å²) in [5.74, 6) is 5.76. The highest BCUT2D eigenvalue weighted by Gasteiger charge is 2.24. The van der Waals surface area contributed by atoms with Crippen LogP contribution in [0.25, 0.3) is 0 Å². The maximum atomic E-state index is 13.7. The molecule has 2 atom stereocenters. The summed E-state index contributed by atoms with van der Waals surface area (Å²) < 4.78 is 20.1. The van der Waals surface area contributed by atoms with Crippen molar-refractivity contribution < 1.29 is 9.13 Å². The van der Waals surface area contributed by atoms with Crippen molar-refractivity contribution in [2.45, 2.75) is 25.3 Å². The van der Waals surface area contributed by atoms with Crippen molar-refractivity contribution in [2.75, 3.05) is 13.2 Å². The highest BCUT2D eigenvalue weighted by Crippen LogP contribution is 2.22. The SMILES string of the molecule is NNC(Cc1cc(Br)ccc1F)C1CCCOC1. The largest absolute Gasteiger partial charge is 0.381 e.